The van der Waals surface area contributed by atoms with Crippen LogP contribution >= 0.6 is 0 Å². The second-order valence-electron chi connectivity index (χ2n) is 6.19. The van der Waals surface area contributed by atoms with E-state index < -0.39 is 11.2 Å². The Bertz CT molecular complexity index is 868. The number of nitrogens with one attached hydrogen (secondary N) is 1. The maximum absolute atomic E-state index is 13.0. The second kappa shape index (κ2) is 6.11. The Morgan fingerprint density at radius 3 is 3.04 bits per heavy atom. The molecule has 0 saturated heterocycles. The van der Waals surface area contributed by atoms with Gasteiger partial charge in [0.05, 0.1) is 24.2 Å². The van der Waals surface area contributed by atoms with Crippen molar-refractivity contribution in [3.05, 3.63) is 41.5 Å². The molecule has 0 amide bonds. The van der Waals surface area contributed by atoms with Crippen LogP contribution in [0.15, 0.2) is 51.6 Å². The van der Waals surface area contributed by atoms with Gasteiger partial charge in [-0.3, -0.25) is 9.98 Å². The summed E-state index contributed by atoms with van der Waals surface area (Å²) in [5.74, 6) is 0.745. The Morgan fingerprint density at radius 2 is 2.21 bits per heavy atom. The van der Waals surface area contributed by atoms with Gasteiger partial charge in [0.15, 0.2) is 0 Å². The molecule has 0 bridgehead atoms. The van der Waals surface area contributed by atoms with Gasteiger partial charge < -0.3 is 9.29 Å². The lowest BCUT2D eigenvalue weighted by Crippen LogP contribution is -2.28. The fraction of sp³-hybridized carbons (Fsp3) is 0.333. The number of hydrogen-bond donors (Lipinski definition) is 1. The summed E-state index contributed by atoms with van der Waals surface area (Å²) in [6.45, 7) is 2.04. The predicted octanol–water partition coefficient (Wildman–Crippen LogP) is 3.17. The Labute approximate surface area is 143 Å². The number of dihydropyridines is 1. The SMILES string of the molecule is COc1ccc2[nH]c([S+]([O-])C3C=C4C=C(C)C=NC4CC3)nc2c1. The van der Waals surface area contributed by atoms with Gasteiger partial charge in [-0.1, -0.05) is 6.08 Å². The average molecular weight is 341 g/mol. The number of benzene rings is 1. The smallest absolute Gasteiger partial charge is 0.322 e. The topological polar surface area (TPSA) is 73.3 Å². The molecule has 0 saturated carbocycles. The molecule has 1 aromatic heterocycles. The summed E-state index contributed by atoms with van der Waals surface area (Å²) in [6.07, 6.45) is 7.95. The van der Waals surface area contributed by atoms with E-state index in [9.17, 15) is 4.55 Å². The van der Waals surface area contributed by atoms with E-state index in [-0.39, 0.29) is 11.3 Å². The van der Waals surface area contributed by atoms with Crippen LogP contribution in [0.3, 0.4) is 0 Å². The van der Waals surface area contributed by atoms with E-state index in [1.165, 1.54) is 5.57 Å². The quantitative estimate of drug-likeness (QED) is 0.872. The van der Waals surface area contributed by atoms with Crippen molar-refractivity contribution in [2.75, 3.05) is 7.11 Å². The van der Waals surface area contributed by atoms with Crippen LogP contribution < -0.4 is 4.74 Å². The number of aliphatic imine (C=N–C) groups is 1. The van der Waals surface area contributed by atoms with Crippen LogP contribution in [-0.4, -0.2) is 39.1 Å². The summed E-state index contributed by atoms with van der Waals surface area (Å²) in [5.41, 5.74) is 3.97. The zero-order valence-corrected chi connectivity index (χ0v) is 14.5. The highest BCUT2D eigenvalue weighted by molar-refractivity contribution is 7.92. The van der Waals surface area contributed by atoms with Gasteiger partial charge in [-0.2, -0.15) is 4.98 Å². The second-order valence-corrected chi connectivity index (χ2v) is 7.77. The van der Waals surface area contributed by atoms with Crippen LogP contribution in [0, 0.1) is 0 Å². The minimum Gasteiger partial charge on any atom is -0.609 e. The van der Waals surface area contributed by atoms with E-state index in [2.05, 4.69) is 27.1 Å². The van der Waals surface area contributed by atoms with Gasteiger partial charge in [0.1, 0.15) is 11.0 Å². The van der Waals surface area contributed by atoms with Crippen LogP contribution in [0.4, 0.5) is 0 Å². The van der Waals surface area contributed by atoms with Crippen molar-refractivity contribution in [1.82, 2.24) is 9.97 Å². The molecule has 124 valence electrons. The summed E-state index contributed by atoms with van der Waals surface area (Å²) >= 11 is -1.20. The monoisotopic (exact) mass is 341 g/mol. The van der Waals surface area contributed by atoms with Crippen LogP contribution in [0.5, 0.6) is 5.75 Å². The predicted molar refractivity (Wildman–Crippen MR) is 96.2 cm³/mol. The zero-order valence-electron chi connectivity index (χ0n) is 13.7. The first kappa shape index (κ1) is 15.5. The summed E-state index contributed by atoms with van der Waals surface area (Å²) in [6, 6.07) is 5.85. The van der Waals surface area contributed by atoms with E-state index in [1.54, 1.807) is 7.11 Å². The van der Waals surface area contributed by atoms with Gasteiger partial charge in [-0.05, 0) is 42.7 Å². The van der Waals surface area contributed by atoms with E-state index in [0.29, 0.717) is 5.16 Å². The molecular weight excluding hydrogens is 322 g/mol. The molecule has 2 aliphatic rings. The first-order valence-corrected chi connectivity index (χ1v) is 9.23. The Morgan fingerprint density at radius 1 is 1.33 bits per heavy atom. The molecule has 4 rings (SSSR count). The van der Waals surface area contributed by atoms with Crippen molar-refractivity contribution in [3.63, 3.8) is 0 Å². The summed E-state index contributed by atoms with van der Waals surface area (Å²) in [5, 5.41) is 0.495. The lowest BCUT2D eigenvalue weighted by molar-refractivity contribution is 0.415. The van der Waals surface area contributed by atoms with Crippen molar-refractivity contribution in [1.29, 1.82) is 0 Å². The van der Waals surface area contributed by atoms with E-state index in [4.69, 9.17) is 4.74 Å². The number of H-pyrrole nitrogens is 1. The number of methoxy groups -OCH3 is 1. The third-order valence-corrected chi connectivity index (χ3v) is 5.97. The number of allylic oxidation sites excluding steroid dienone is 1. The van der Waals surface area contributed by atoms with Crippen LogP contribution in [0.25, 0.3) is 11.0 Å². The molecule has 5 nitrogen and oxygen atoms in total. The third-order valence-electron chi connectivity index (χ3n) is 4.47. The largest absolute Gasteiger partial charge is 0.609 e. The molecule has 2 aromatic rings. The number of ether oxygens (including phenoxy) is 1. The lowest BCUT2D eigenvalue weighted by atomic mass is 9.91. The molecule has 0 fully saturated rings. The number of fused-ring (bicyclic) bond motifs is 2. The minimum atomic E-state index is -1.20. The summed E-state index contributed by atoms with van der Waals surface area (Å²) in [4.78, 5) is 12.2. The Kier molecular flexibility index (Phi) is 3.94. The maximum atomic E-state index is 13.0. The van der Waals surface area contributed by atoms with Crippen LogP contribution in [0.1, 0.15) is 19.8 Å². The van der Waals surface area contributed by atoms with E-state index in [0.717, 1.165) is 35.2 Å². The Balaban J connectivity index is 1.63. The molecule has 1 N–H and O–H groups in total. The zero-order chi connectivity index (χ0) is 16.7. The van der Waals surface area contributed by atoms with Gasteiger partial charge >= 0.3 is 5.16 Å². The number of aromatic amines is 1. The first-order valence-electron chi connectivity index (χ1n) is 8.01. The Hall–Kier alpha value is -2.05. The molecule has 0 radical (unpaired) electrons. The van der Waals surface area contributed by atoms with Gasteiger partial charge in [-0.15, -0.1) is 0 Å². The molecular formula is C18H19N3O2S. The lowest BCUT2D eigenvalue weighted by Gasteiger charge is -2.27. The van der Waals surface area contributed by atoms with Crippen molar-refractivity contribution < 1.29 is 9.29 Å². The average Bonchev–Trinajstić information content (AvgIpc) is 3.03. The van der Waals surface area contributed by atoms with Crippen molar-refractivity contribution in [2.24, 2.45) is 4.99 Å². The normalized spacial score (nSPS) is 24.3. The van der Waals surface area contributed by atoms with Gasteiger partial charge in [0, 0.05) is 29.9 Å². The number of hydrogen-bond acceptors (Lipinski definition) is 4. The van der Waals surface area contributed by atoms with Crippen molar-refractivity contribution in [2.45, 2.75) is 36.2 Å². The summed E-state index contributed by atoms with van der Waals surface area (Å²) < 4.78 is 18.2. The molecule has 1 aliphatic carbocycles. The number of aromatic nitrogens is 2. The van der Waals surface area contributed by atoms with E-state index >= 15 is 0 Å². The molecule has 6 heteroatoms. The molecule has 2 heterocycles. The van der Waals surface area contributed by atoms with Crippen LogP contribution in [-0.2, 0) is 11.2 Å². The highest BCUT2D eigenvalue weighted by Crippen LogP contribution is 2.32. The van der Waals surface area contributed by atoms with Crippen LogP contribution in [0.2, 0.25) is 0 Å². The van der Waals surface area contributed by atoms with Gasteiger partial charge in [0.2, 0.25) is 0 Å². The molecule has 0 spiro atoms. The minimum absolute atomic E-state index is 0.0314. The fourth-order valence-corrected chi connectivity index (χ4v) is 4.52. The number of nitrogens with zero attached hydrogens (tertiary/aromatic N) is 2. The van der Waals surface area contributed by atoms with Gasteiger partial charge in [-0.25, -0.2) is 0 Å². The molecule has 1 aliphatic heterocycles. The van der Waals surface area contributed by atoms with Gasteiger partial charge in [0.25, 0.3) is 0 Å². The maximum Gasteiger partial charge on any atom is 0.322 e. The highest BCUT2D eigenvalue weighted by atomic mass is 32.2. The molecule has 24 heavy (non-hydrogen) atoms. The molecule has 3 atom stereocenters. The molecule has 1 aromatic carbocycles. The van der Waals surface area contributed by atoms with Crippen molar-refractivity contribution in [3.8, 4) is 5.75 Å². The first-order chi connectivity index (χ1) is 11.6. The number of imidazole rings is 1. The third kappa shape index (κ3) is 2.76. The van der Waals surface area contributed by atoms with Crippen molar-refractivity contribution >= 4 is 28.4 Å². The molecule has 3 unspecified atom stereocenters. The summed E-state index contributed by atoms with van der Waals surface area (Å²) in [7, 11) is 1.62. The fourth-order valence-electron chi connectivity index (χ4n) is 3.21. The number of rotatable bonds is 3. The standard InChI is InChI=1S/C18H19N3O2S/c1-11-7-12-8-14(4-6-15(12)19-10-11)24(22)18-20-16-5-3-13(23-2)9-17(16)21-18/h3,5,7-10,14-15H,4,6H2,1-2H3,(H,20,21). The van der Waals surface area contributed by atoms with E-state index in [1.807, 2.05) is 31.3 Å². The highest BCUT2D eigenvalue weighted by Gasteiger charge is 2.32.